The van der Waals surface area contributed by atoms with Gasteiger partial charge in [-0.05, 0) is 44.3 Å². The van der Waals surface area contributed by atoms with Gasteiger partial charge < -0.3 is 14.8 Å². The van der Waals surface area contributed by atoms with Crippen LogP contribution in [-0.2, 0) is 4.74 Å². The normalized spacial score (nSPS) is 16.0. The number of halogens is 2. The lowest BCUT2D eigenvalue weighted by atomic mass is 9.95. The molecule has 2 rings (SSSR count). The van der Waals surface area contributed by atoms with E-state index in [1.807, 2.05) is 0 Å². The van der Waals surface area contributed by atoms with Crippen LogP contribution in [0, 0.1) is 5.92 Å². The van der Waals surface area contributed by atoms with Crippen molar-refractivity contribution in [1.82, 2.24) is 10.3 Å². The van der Waals surface area contributed by atoms with Crippen LogP contribution in [0.1, 0.15) is 29.6 Å². The van der Waals surface area contributed by atoms with Gasteiger partial charge in [0.2, 0.25) is 5.88 Å². The molecule has 1 N–H and O–H groups in total. The fourth-order valence-electron chi connectivity index (χ4n) is 2.23. The Morgan fingerprint density at radius 2 is 2.14 bits per heavy atom. The lowest BCUT2D eigenvalue weighted by Crippen LogP contribution is -2.28. The molecule has 0 amide bonds. The van der Waals surface area contributed by atoms with E-state index in [0.717, 1.165) is 32.4 Å². The number of pyridine rings is 1. The number of ether oxygens (including phenoxy) is 2. The number of hydrogen-bond acceptors (Lipinski definition) is 5. The lowest BCUT2D eigenvalue weighted by Gasteiger charge is -2.22. The summed E-state index contributed by atoms with van der Waals surface area (Å²) >= 11 is 0. The van der Waals surface area contributed by atoms with Crippen molar-refractivity contribution >= 4 is 5.97 Å². The van der Waals surface area contributed by atoms with Crippen LogP contribution in [-0.4, -0.2) is 37.3 Å². The summed E-state index contributed by atoms with van der Waals surface area (Å²) in [6, 6.07) is 2.58. The summed E-state index contributed by atoms with van der Waals surface area (Å²) < 4.78 is 33.2. The van der Waals surface area contributed by atoms with E-state index < -0.39 is 12.6 Å². The predicted molar refractivity (Wildman–Crippen MR) is 71.4 cm³/mol. The molecule has 0 bridgehead atoms. The summed E-state index contributed by atoms with van der Waals surface area (Å²) in [5, 5.41) is 3.28. The molecule has 1 aromatic heterocycles. The van der Waals surface area contributed by atoms with Gasteiger partial charge in [-0.3, -0.25) is 0 Å². The molecular formula is C14H18F2N2O3. The first-order valence-corrected chi connectivity index (χ1v) is 6.94. The van der Waals surface area contributed by atoms with Crippen LogP contribution in [0.15, 0.2) is 18.3 Å². The first-order valence-electron chi connectivity index (χ1n) is 6.94. The quantitative estimate of drug-likeness (QED) is 0.816. The number of carbonyl (C=O) groups excluding carboxylic acids is 1. The number of rotatable bonds is 6. The zero-order valence-electron chi connectivity index (χ0n) is 11.6. The van der Waals surface area contributed by atoms with Crippen LogP contribution < -0.4 is 10.1 Å². The van der Waals surface area contributed by atoms with E-state index in [0.29, 0.717) is 12.5 Å². The van der Waals surface area contributed by atoms with E-state index in [-0.39, 0.29) is 11.4 Å². The van der Waals surface area contributed by atoms with Gasteiger partial charge in [-0.1, -0.05) is 0 Å². The molecule has 2 heterocycles. The van der Waals surface area contributed by atoms with Crippen molar-refractivity contribution in [3.63, 3.8) is 0 Å². The molecule has 1 saturated heterocycles. The standard InChI is InChI=1S/C14H18F2N2O3/c15-14(16)21-12-2-1-11(9-18-12)13(19)20-8-5-10-3-6-17-7-4-10/h1-2,9-10,14,17H,3-8H2. The van der Waals surface area contributed by atoms with Crippen molar-refractivity contribution in [2.45, 2.75) is 25.9 Å². The molecule has 1 aliphatic heterocycles. The summed E-state index contributed by atoms with van der Waals surface area (Å²) in [5.74, 6) is -0.143. The third kappa shape index (κ3) is 5.26. The summed E-state index contributed by atoms with van der Waals surface area (Å²) in [6.07, 6.45) is 4.20. The maximum atomic E-state index is 12.0. The molecule has 0 aromatic carbocycles. The number of alkyl halides is 2. The molecule has 5 nitrogen and oxygen atoms in total. The van der Waals surface area contributed by atoms with Gasteiger partial charge in [-0.15, -0.1) is 0 Å². The Bertz CT molecular complexity index is 448. The van der Waals surface area contributed by atoms with Crippen molar-refractivity contribution < 1.29 is 23.0 Å². The summed E-state index contributed by atoms with van der Waals surface area (Å²) in [6.45, 7) is -0.554. The van der Waals surface area contributed by atoms with Gasteiger partial charge in [0.25, 0.3) is 0 Å². The molecule has 116 valence electrons. The Labute approximate surface area is 121 Å². The number of esters is 1. The molecule has 0 saturated carbocycles. The third-order valence-electron chi connectivity index (χ3n) is 3.40. The van der Waals surface area contributed by atoms with E-state index in [4.69, 9.17) is 4.74 Å². The highest BCUT2D eigenvalue weighted by Gasteiger charge is 2.14. The van der Waals surface area contributed by atoms with Crippen LogP contribution in [0.5, 0.6) is 5.88 Å². The number of piperidine rings is 1. The highest BCUT2D eigenvalue weighted by molar-refractivity contribution is 5.89. The monoisotopic (exact) mass is 300 g/mol. The minimum Gasteiger partial charge on any atom is -0.462 e. The Hall–Kier alpha value is -1.76. The number of carbonyl (C=O) groups is 1. The van der Waals surface area contributed by atoms with Gasteiger partial charge >= 0.3 is 12.6 Å². The van der Waals surface area contributed by atoms with Crippen molar-refractivity contribution in [3.8, 4) is 5.88 Å². The van der Waals surface area contributed by atoms with Crippen LogP contribution in [0.3, 0.4) is 0 Å². The molecule has 7 heteroatoms. The van der Waals surface area contributed by atoms with E-state index in [2.05, 4.69) is 15.0 Å². The molecule has 21 heavy (non-hydrogen) atoms. The van der Waals surface area contributed by atoms with Gasteiger partial charge in [0.1, 0.15) is 0 Å². The van der Waals surface area contributed by atoms with Crippen LogP contribution in [0.2, 0.25) is 0 Å². The molecule has 0 unspecified atom stereocenters. The van der Waals surface area contributed by atoms with E-state index in [1.54, 1.807) is 0 Å². The fraction of sp³-hybridized carbons (Fsp3) is 0.571. The second kappa shape index (κ2) is 7.87. The first kappa shape index (κ1) is 15.6. The summed E-state index contributed by atoms with van der Waals surface area (Å²) in [5.41, 5.74) is 0.224. The van der Waals surface area contributed by atoms with Gasteiger partial charge in [-0.25, -0.2) is 9.78 Å². The predicted octanol–water partition coefficient (Wildman–Crippen LogP) is 2.23. The zero-order chi connectivity index (χ0) is 15.1. The average Bonchev–Trinajstić information content (AvgIpc) is 2.48. The molecule has 0 aliphatic carbocycles. The maximum Gasteiger partial charge on any atom is 0.388 e. The Morgan fingerprint density at radius 1 is 1.38 bits per heavy atom. The molecule has 1 aromatic rings. The smallest absolute Gasteiger partial charge is 0.388 e. The van der Waals surface area contributed by atoms with Crippen LogP contribution in [0.4, 0.5) is 8.78 Å². The van der Waals surface area contributed by atoms with Crippen LogP contribution in [0.25, 0.3) is 0 Å². The number of nitrogens with one attached hydrogen (secondary N) is 1. The number of nitrogens with zero attached hydrogens (tertiary/aromatic N) is 1. The zero-order valence-corrected chi connectivity index (χ0v) is 11.6. The molecule has 1 fully saturated rings. The molecule has 0 spiro atoms. The van der Waals surface area contributed by atoms with E-state index >= 15 is 0 Å². The molecular weight excluding hydrogens is 282 g/mol. The van der Waals surface area contributed by atoms with Crippen molar-refractivity contribution in [3.05, 3.63) is 23.9 Å². The van der Waals surface area contributed by atoms with Gasteiger partial charge in [0, 0.05) is 12.3 Å². The Kier molecular flexibility index (Phi) is 5.86. The molecule has 1 aliphatic rings. The summed E-state index contributed by atoms with van der Waals surface area (Å²) in [7, 11) is 0. The largest absolute Gasteiger partial charge is 0.462 e. The SMILES string of the molecule is O=C(OCCC1CCNCC1)c1ccc(OC(F)F)nc1. The van der Waals surface area contributed by atoms with E-state index in [9.17, 15) is 13.6 Å². The topological polar surface area (TPSA) is 60.5 Å². The van der Waals surface area contributed by atoms with Crippen molar-refractivity contribution in [2.24, 2.45) is 5.92 Å². The first-order chi connectivity index (χ1) is 10.1. The fourth-order valence-corrected chi connectivity index (χ4v) is 2.23. The minimum absolute atomic E-state index is 0.224. The second-order valence-corrected chi connectivity index (χ2v) is 4.88. The molecule has 0 atom stereocenters. The van der Waals surface area contributed by atoms with Crippen LogP contribution >= 0.6 is 0 Å². The van der Waals surface area contributed by atoms with Crippen molar-refractivity contribution in [2.75, 3.05) is 19.7 Å². The summed E-state index contributed by atoms with van der Waals surface area (Å²) in [4.78, 5) is 15.4. The van der Waals surface area contributed by atoms with E-state index in [1.165, 1.54) is 18.3 Å². The molecule has 0 radical (unpaired) electrons. The van der Waals surface area contributed by atoms with Crippen molar-refractivity contribution in [1.29, 1.82) is 0 Å². The maximum absolute atomic E-state index is 12.0. The second-order valence-electron chi connectivity index (χ2n) is 4.88. The van der Waals surface area contributed by atoms with Gasteiger partial charge in [0.15, 0.2) is 0 Å². The highest BCUT2D eigenvalue weighted by atomic mass is 19.3. The Balaban J connectivity index is 1.74. The highest BCUT2D eigenvalue weighted by Crippen LogP contribution is 2.16. The number of aromatic nitrogens is 1. The lowest BCUT2D eigenvalue weighted by molar-refractivity contribution is -0.0528. The van der Waals surface area contributed by atoms with Gasteiger partial charge in [-0.2, -0.15) is 8.78 Å². The third-order valence-corrected chi connectivity index (χ3v) is 3.40. The minimum atomic E-state index is -2.93. The van der Waals surface area contributed by atoms with Gasteiger partial charge in [0.05, 0.1) is 12.2 Å². The Morgan fingerprint density at radius 3 is 2.76 bits per heavy atom. The number of hydrogen-bond donors (Lipinski definition) is 1. The average molecular weight is 300 g/mol.